The summed E-state index contributed by atoms with van der Waals surface area (Å²) in [4.78, 5) is 13.1. The van der Waals surface area contributed by atoms with Crippen molar-refractivity contribution < 1.29 is 4.79 Å². The lowest BCUT2D eigenvalue weighted by molar-refractivity contribution is 0.0939. The number of aryl methyl sites for hydroxylation is 1. The Kier molecular flexibility index (Phi) is 5.45. The fraction of sp³-hybridized carbons (Fsp3) is 0.320. The number of hydrogen-bond donors (Lipinski definition) is 2. The predicted octanol–water partition coefficient (Wildman–Crippen LogP) is 5.11. The van der Waals surface area contributed by atoms with E-state index < -0.39 is 0 Å². The van der Waals surface area contributed by atoms with Crippen LogP contribution in [-0.2, 0) is 0 Å². The van der Waals surface area contributed by atoms with E-state index in [0.717, 1.165) is 42.6 Å². The van der Waals surface area contributed by atoms with E-state index in [-0.39, 0.29) is 11.9 Å². The van der Waals surface area contributed by atoms with Gasteiger partial charge in [-0.3, -0.25) is 4.79 Å². The second kappa shape index (κ2) is 8.15. The smallest absolute Gasteiger partial charge is 0.252 e. The molecule has 0 radical (unpaired) electrons. The Bertz CT molecular complexity index is 984. The molecule has 1 fully saturated rings. The van der Waals surface area contributed by atoms with Crippen LogP contribution in [0, 0.1) is 6.92 Å². The molecule has 1 aliphatic heterocycles. The topological polar surface area (TPSA) is 41.1 Å². The van der Waals surface area contributed by atoms with Crippen molar-refractivity contribution in [1.82, 2.24) is 10.6 Å². The molecule has 1 aliphatic rings. The predicted molar refractivity (Wildman–Crippen MR) is 116 cm³/mol. The van der Waals surface area contributed by atoms with Crippen molar-refractivity contribution in [2.75, 3.05) is 13.1 Å². The van der Waals surface area contributed by atoms with Crippen LogP contribution < -0.4 is 10.6 Å². The van der Waals surface area contributed by atoms with Crippen molar-refractivity contribution in [3.63, 3.8) is 0 Å². The minimum Gasteiger partial charge on any atom is -0.345 e. The van der Waals surface area contributed by atoms with Gasteiger partial charge in [-0.25, -0.2) is 0 Å². The lowest BCUT2D eigenvalue weighted by Gasteiger charge is -2.24. The van der Waals surface area contributed by atoms with Crippen molar-refractivity contribution >= 4 is 16.7 Å². The molecule has 1 saturated heterocycles. The van der Waals surface area contributed by atoms with Gasteiger partial charge in [0.25, 0.3) is 5.91 Å². The van der Waals surface area contributed by atoms with Gasteiger partial charge in [-0.2, -0.15) is 0 Å². The van der Waals surface area contributed by atoms with Crippen LogP contribution in [-0.4, -0.2) is 19.0 Å². The lowest BCUT2D eigenvalue weighted by Crippen LogP contribution is -2.28. The number of hydrogen-bond acceptors (Lipinski definition) is 2. The van der Waals surface area contributed by atoms with Gasteiger partial charge in [0.1, 0.15) is 0 Å². The molecule has 4 rings (SSSR count). The molecular weight excluding hydrogens is 344 g/mol. The first-order chi connectivity index (χ1) is 13.6. The second-order valence-electron chi connectivity index (χ2n) is 7.86. The average molecular weight is 373 g/mol. The van der Waals surface area contributed by atoms with Crippen LogP contribution in [0.4, 0.5) is 0 Å². The Balaban J connectivity index is 1.57. The van der Waals surface area contributed by atoms with Gasteiger partial charge in [0.2, 0.25) is 0 Å². The van der Waals surface area contributed by atoms with E-state index in [0.29, 0.717) is 5.92 Å². The standard InChI is InChI=1S/C25H28N2O/c1-17-10-11-21(19-12-14-26-15-13-19)16-24(17)25(28)27-18(2)22-9-5-7-20-6-3-4-8-23(20)22/h3-11,16,18-19,26H,12-15H2,1-2H3,(H,27,28)/t18-/m1/s1. The first-order valence-electron chi connectivity index (χ1n) is 10.2. The van der Waals surface area contributed by atoms with E-state index in [1.807, 2.05) is 19.1 Å². The van der Waals surface area contributed by atoms with Crippen LogP contribution in [0.25, 0.3) is 10.8 Å². The summed E-state index contributed by atoms with van der Waals surface area (Å²) in [6.45, 7) is 6.19. The number of piperidine rings is 1. The first kappa shape index (κ1) is 18.7. The maximum absolute atomic E-state index is 13.1. The zero-order valence-electron chi connectivity index (χ0n) is 16.7. The fourth-order valence-corrected chi connectivity index (χ4v) is 4.27. The molecule has 0 saturated carbocycles. The highest BCUT2D eigenvalue weighted by molar-refractivity contribution is 5.96. The van der Waals surface area contributed by atoms with Crippen molar-refractivity contribution in [1.29, 1.82) is 0 Å². The van der Waals surface area contributed by atoms with E-state index >= 15 is 0 Å². The number of nitrogens with one attached hydrogen (secondary N) is 2. The molecule has 3 aromatic rings. The van der Waals surface area contributed by atoms with Gasteiger partial charge in [-0.05, 0) is 79.2 Å². The van der Waals surface area contributed by atoms with Gasteiger partial charge in [-0.1, -0.05) is 54.6 Å². The highest BCUT2D eigenvalue weighted by Crippen LogP contribution is 2.28. The van der Waals surface area contributed by atoms with Gasteiger partial charge in [0.15, 0.2) is 0 Å². The number of carbonyl (C=O) groups excluding carboxylic acids is 1. The summed E-state index contributed by atoms with van der Waals surface area (Å²) in [6, 6.07) is 20.9. The molecule has 28 heavy (non-hydrogen) atoms. The quantitative estimate of drug-likeness (QED) is 0.668. The van der Waals surface area contributed by atoms with Crippen LogP contribution in [0.2, 0.25) is 0 Å². The van der Waals surface area contributed by atoms with Crippen molar-refractivity contribution in [2.24, 2.45) is 0 Å². The van der Waals surface area contributed by atoms with E-state index in [1.165, 1.54) is 16.3 Å². The molecule has 144 valence electrons. The maximum Gasteiger partial charge on any atom is 0.252 e. The zero-order valence-corrected chi connectivity index (χ0v) is 16.7. The van der Waals surface area contributed by atoms with E-state index in [9.17, 15) is 4.79 Å². The molecule has 1 amide bonds. The summed E-state index contributed by atoms with van der Waals surface area (Å²) in [6.07, 6.45) is 2.27. The van der Waals surface area contributed by atoms with Gasteiger partial charge >= 0.3 is 0 Å². The second-order valence-corrected chi connectivity index (χ2v) is 7.86. The maximum atomic E-state index is 13.1. The molecule has 2 N–H and O–H groups in total. The van der Waals surface area contributed by atoms with Gasteiger partial charge in [0, 0.05) is 5.56 Å². The third-order valence-corrected chi connectivity index (χ3v) is 5.95. The third kappa shape index (κ3) is 3.81. The van der Waals surface area contributed by atoms with Gasteiger partial charge in [0.05, 0.1) is 6.04 Å². The molecular formula is C25H28N2O. The molecule has 0 aliphatic carbocycles. The Hall–Kier alpha value is -2.65. The normalized spacial score (nSPS) is 16.1. The minimum absolute atomic E-state index is 0.00807. The largest absolute Gasteiger partial charge is 0.345 e. The highest BCUT2D eigenvalue weighted by atomic mass is 16.1. The SMILES string of the molecule is Cc1ccc(C2CCNCC2)cc1C(=O)N[C@H](C)c1cccc2ccccc12. The number of carbonyl (C=O) groups is 1. The van der Waals surface area contributed by atoms with E-state index in [1.54, 1.807) is 0 Å². The Morgan fingerprint density at radius 3 is 2.61 bits per heavy atom. The first-order valence-corrected chi connectivity index (χ1v) is 10.2. The fourth-order valence-electron chi connectivity index (χ4n) is 4.27. The van der Waals surface area contributed by atoms with Crippen LogP contribution in [0.15, 0.2) is 60.7 Å². The summed E-state index contributed by atoms with van der Waals surface area (Å²) >= 11 is 0. The summed E-state index contributed by atoms with van der Waals surface area (Å²) in [5.41, 5.74) is 4.26. The van der Waals surface area contributed by atoms with Crippen LogP contribution in [0.3, 0.4) is 0 Å². The molecule has 0 bridgehead atoms. The Morgan fingerprint density at radius 2 is 1.79 bits per heavy atom. The average Bonchev–Trinajstić information content (AvgIpc) is 2.74. The molecule has 0 unspecified atom stereocenters. The summed E-state index contributed by atoms with van der Waals surface area (Å²) in [5, 5.41) is 9.03. The molecule has 1 atom stereocenters. The van der Waals surface area contributed by atoms with Gasteiger partial charge < -0.3 is 10.6 Å². The number of fused-ring (bicyclic) bond motifs is 1. The summed E-state index contributed by atoms with van der Waals surface area (Å²) in [5.74, 6) is 0.553. The minimum atomic E-state index is -0.0551. The van der Waals surface area contributed by atoms with E-state index in [4.69, 9.17) is 0 Å². The molecule has 3 nitrogen and oxygen atoms in total. The van der Waals surface area contributed by atoms with E-state index in [2.05, 4.69) is 66.1 Å². The number of rotatable bonds is 4. The van der Waals surface area contributed by atoms with Crippen LogP contribution in [0.1, 0.15) is 58.8 Å². The number of amides is 1. The van der Waals surface area contributed by atoms with Gasteiger partial charge in [-0.15, -0.1) is 0 Å². The molecule has 3 aromatic carbocycles. The lowest BCUT2D eigenvalue weighted by atomic mass is 9.88. The molecule has 3 heteroatoms. The third-order valence-electron chi connectivity index (χ3n) is 5.95. The summed E-state index contributed by atoms with van der Waals surface area (Å²) in [7, 11) is 0. The molecule has 1 heterocycles. The molecule has 0 spiro atoms. The van der Waals surface area contributed by atoms with Crippen molar-refractivity contribution in [2.45, 2.75) is 38.6 Å². The van der Waals surface area contributed by atoms with Crippen LogP contribution >= 0.6 is 0 Å². The van der Waals surface area contributed by atoms with Crippen molar-refractivity contribution in [3.8, 4) is 0 Å². The monoisotopic (exact) mass is 372 g/mol. The molecule has 0 aromatic heterocycles. The summed E-state index contributed by atoms with van der Waals surface area (Å²) < 4.78 is 0. The number of benzene rings is 3. The Morgan fingerprint density at radius 1 is 1.04 bits per heavy atom. The highest BCUT2D eigenvalue weighted by Gasteiger charge is 2.19. The van der Waals surface area contributed by atoms with Crippen molar-refractivity contribution in [3.05, 3.63) is 82.9 Å². The van der Waals surface area contributed by atoms with Crippen LogP contribution in [0.5, 0.6) is 0 Å². The zero-order chi connectivity index (χ0) is 19.5. The Labute approximate surface area is 167 Å².